The Labute approximate surface area is 157 Å². The molecule has 1 atom stereocenters. The van der Waals surface area contributed by atoms with Crippen molar-refractivity contribution in [3.05, 3.63) is 65.5 Å². The molecule has 2 aromatic rings. The lowest BCUT2D eigenvalue weighted by atomic mass is 9.78. The molecule has 1 fully saturated rings. The Bertz CT molecular complexity index is 868. The molecule has 6 heteroatoms. The normalized spacial score (nSPS) is 21.3. The van der Waals surface area contributed by atoms with Gasteiger partial charge in [0.2, 0.25) is 0 Å². The summed E-state index contributed by atoms with van der Waals surface area (Å²) in [5.41, 5.74) is 1.55. The first kappa shape index (κ1) is 17.5. The molecule has 1 spiro atoms. The van der Waals surface area contributed by atoms with Crippen molar-refractivity contribution >= 4 is 11.9 Å². The molecule has 2 aliphatic rings. The lowest BCUT2D eigenvalue weighted by molar-refractivity contribution is -0.131. The van der Waals surface area contributed by atoms with Crippen molar-refractivity contribution < 1.29 is 18.7 Å². The average molecular weight is 368 g/mol. The van der Waals surface area contributed by atoms with E-state index >= 15 is 0 Å². The predicted octanol–water partition coefficient (Wildman–Crippen LogP) is 3.07. The fourth-order valence-electron chi connectivity index (χ4n) is 3.85. The summed E-state index contributed by atoms with van der Waals surface area (Å²) in [6.45, 7) is 0.647. The minimum atomic E-state index is -0.816. The van der Waals surface area contributed by atoms with Gasteiger partial charge in [-0.1, -0.05) is 24.3 Å². The van der Waals surface area contributed by atoms with Crippen molar-refractivity contribution in [2.24, 2.45) is 0 Å². The number of nitrogens with one attached hydrogen (secondary N) is 1. The molecule has 27 heavy (non-hydrogen) atoms. The highest BCUT2D eigenvalue weighted by Crippen LogP contribution is 2.33. The van der Waals surface area contributed by atoms with Gasteiger partial charge in [0.15, 0.2) is 0 Å². The molecular weight excluding hydrogens is 347 g/mol. The van der Waals surface area contributed by atoms with Crippen molar-refractivity contribution in [2.45, 2.75) is 31.2 Å². The third kappa shape index (κ3) is 3.39. The monoisotopic (exact) mass is 368 g/mol. The fraction of sp³-hybridized carbons (Fsp3) is 0.333. The van der Waals surface area contributed by atoms with Crippen LogP contribution in [0.4, 0.5) is 9.18 Å². The number of carbonyl (C=O) groups excluding carboxylic acids is 2. The number of ether oxygens (including phenoxy) is 1. The first-order valence-corrected chi connectivity index (χ1v) is 9.17. The molecule has 0 saturated carbocycles. The van der Waals surface area contributed by atoms with Crippen molar-refractivity contribution in [1.29, 1.82) is 0 Å². The number of halogens is 1. The Morgan fingerprint density at radius 3 is 2.59 bits per heavy atom. The molecule has 1 saturated heterocycles. The number of rotatable bonds is 5. The first-order chi connectivity index (χ1) is 13.1. The van der Waals surface area contributed by atoms with Gasteiger partial charge >= 0.3 is 6.03 Å². The molecule has 2 aromatic carbocycles. The molecule has 3 amide bonds. The molecule has 1 aliphatic carbocycles. The summed E-state index contributed by atoms with van der Waals surface area (Å²) in [7, 11) is 0. The van der Waals surface area contributed by atoms with E-state index in [1.807, 2.05) is 18.2 Å². The van der Waals surface area contributed by atoms with Gasteiger partial charge in [0.1, 0.15) is 17.1 Å². The van der Waals surface area contributed by atoms with Gasteiger partial charge in [0, 0.05) is 13.0 Å². The van der Waals surface area contributed by atoms with Crippen molar-refractivity contribution in [2.75, 3.05) is 13.2 Å². The third-order valence-corrected chi connectivity index (χ3v) is 5.29. The van der Waals surface area contributed by atoms with Crippen LogP contribution in [0, 0.1) is 5.82 Å². The molecule has 0 radical (unpaired) electrons. The van der Waals surface area contributed by atoms with Crippen molar-refractivity contribution in [3.63, 3.8) is 0 Å². The molecule has 0 aromatic heterocycles. The van der Waals surface area contributed by atoms with Gasteiger partial charge in [0.25, 0.3) is 5.91 Å². The Balaban J connectivity index is 1.35. The van der Waals surface area contributed by atoms with Crippen LogP contribution in [0.5, 0.6) is 5.75 Å². The number of hydrogen-bond acceptors (Lipinski definition) is 3. The van der Waals surface area contributed by atoms with Gasteiger partial charge in [-0.15, -0.1) is 0 Å². The van der Waals surface area contributed by atoms with E-state index in [9.17, 15) is 14.0 Å². The van der Waals surface area contributed by atoms with Crippen LogP contribution in [-0.4, -0.2) is 35.5 Å². The zero-order valence-corrected chi connectivity index (χ0v) is 14.9. The molecule has 1 N–H and O–H groups in total. The number of benzene rings is 2. The van der Waals surface area contributed by atoms with Crippen LogP contribution in [0.1, 0.15) is 24.0 Å². The second-order valence-electron chi connectivity index (χ2n) is 7.07. The molecule has 5 nitrogen and oxygen atoms in total. The molecule has 1 unspecified atom stereocenters. The number of carbonyl (C=O) groups is 2. The van der Waals surface area contributed by atoms with E-state index in [-0.39, 0.29) is 17.8 Å². The highest BCUT2D eigenvalue weighted by Gasteiger charge is 2.51. The number of hydrogen-bond donors (Lipinski definition) is 1. The van der Waals surface area contributed by atoms with Gasteiger partial charge in [0.05, 0.1) is 6.61 Å². The largest absolute Gasteiger partial charge is 0.494 e. The van der Waals surface area contributed by atoms with Gasteiger partial charge in [-0.3, -0.25) is 9.69 Å². The molecule has 0 bridgehead atoms. The summed E-state index contributed by atoms with van der Waals surface area (Å²) in [5, 5.41) is 2.93. The number of amides is 3. The minimum Gasteiger partial charge on any atom is -0.494 e. The second kappa shape index (κ2) is 7.02. The number of nitrogens with zero attached hydrogens (tertiary/aromatic N) is 1. The standard InChI is InChI=1S/C21H21FN2O3/c22-17-6-8-18(9-7-17)27-13-3-12-24-19(25)21(23-20(24)26)11-10-15-4-1-2-5-16(15)14-21/h1-2,4-9H,3,10-14H2,(H,23,26). The molecule has 1 heterocycles. The number of imide groups is 1. The number of urea groups is 1. The number of aryl methyl sites for hydroxylation is 1. The van der Waals surface area contributed by atoms with Gasteiger partial charge in [-0.25, -0.2) is 9.18 Å². The van der Waals surface area contributed by atoms with E-state index in [1.165, 1.54) is 22.6 Å². The van der Waals surface area contributed by atoms with E-state index in [2.05, 4.69) is 11.4 Å². The molecule has 4 rings (SSSR count). The topological polar surface area (TPSA) is 58.6 Å². The molecule has 1 aliphatic heterocycles. The summed E-state index contributed by atoms with van der Waals surface area (Å²) in [4.78, 5) is 26.6. The maximum absolute atomic E-state index is 13.0. The van der Waals surface area contributed by atoms with Gasteiger partial charge < -0.3 is 10.1 Å². The van der Waals surface area contributed by atoms with E-state index in [0.29, 0.717) is 38.2 Å². The van der Waals surface area contributed by atoms with E-state index in [4.69, 9.17) is 4.74 Å². The summed E-state index contributed by atoms with van der Waals surface area (Å²) >= 11 is 0. The van der Waals surface area contributed by atoms with Crippen LogP contribution in [0.2, 0.25) is 0 Å². The zero-order chi connectivity index (χ0) is 18.9. The quantitative estimate of drug-likeness (QED) is 0.652. The smallest absolute Gasteiger partial charge is 0.325 e. The van der Waals surface area contributed by atoms with E-state index < -0.39 is 5.54 Å². The maximum atomic E-state index is 13.0. The van der Waals surface area contributed by atoms with Crippen LogP contribution in [0.25, 0.3) is 0 Å². The Hall–Kier alpha value is -2.89. The zero-order valence-electron chi connectivity index (χ0n) is 14.9. The minimum absolute atomic E-state index is 0.149. The Morgan fingerprint density at radius 2 is 1.81 bits per heavy atom. The average Bonchev–Trinajstić information content (AvgIpc) is 2.90. The lowest BCUT2D eigenvalue weighted by Gasteiger charge is -2.32. The lowest BCUT2D eigenvalue weighted by Crippen LogP contribution is -2.51. The molecule has 140 valence electrons. The Morgan fingerprint density at radius 1 is 1.07 bits per heavy atom. The molecular formula is C21H21FN2O3. The van der Waals surface area contributed by atoms with Crippen molar-refractivity contribution in [1.82, 2.24) is 10.2 Å². The highest BCUT2D eigenvalue weighted by atomic mass is 19.1. The SMILES string of the molecule is O=C1NC2(CCc3ccccc3C2)C(=O)N1CCCOc1ccc(F)cc1. The van der Waals surface area contributed by atoms with Crippen LogP contribution >= 0.6 is 0 Å². The van der Waals surface area contributed by atoms with Crippen LogP contribution in [0.3, 0.4) is 0 Å². The third-order valence-electron chi connectivity index (χ3n) is 5.29. The van der Waals surface area contributed by atoms with E-state index in [1.54, 1.807) is 12.1 Å². The summed E-state index contributed by atoms with van der Waals surface area (Å²) in [5.74, 6) is 0.0961. The number of fused-ring (bicyclic) bond motifs is 1. The van der Waals surface area contributed by atoms with E-state index in [0.717, 1.165) is 12.0 Å². The maximum Gasteiger partial charge on any atom is 0.325 e. The Kier molecular flexibility index (Phi) is 4.56. The van der Waals surface area contributed by atoms with Gasteiger partial charge in [-0.05, 0) is 54.7 Å². The fourth-order valence-corrected chi connectivity index (χ4v) is 3.85. The summed E-state index contributed by atoms with van der Waals surface area (Å²) in [6.07, 6.45) is 2.46. The van der Waals surface area contributed by atoms with Crippen molar-refractivity contribution in [3.8, 4) is 5.75 Å². The summed E-state index contributed by atoms with van der Waals surface area (Å²) < 4.78 is 18.4. The predicted molar refractivity (Wildman–Crippen MR) is 98.0 cm³/mol. The highest BCUT2D eigenvalue weighted by molar-refractivity contribution is 6.07. The van der Waals surface area contributed by atoms with Crippen LogP contribution in [0.15, 0.2) is 48.5 Å². The van der Waals surface area contributed by atoms with Crippen LogP contribution in [-0.2, 0) is 17.6 Å². The first-order valence-electron chi connectivity index (χ1n) is 9.17. The van der Waals surface area contributed by atoms with Crippen LogP contribution < -0.4 is 10.1 Å². The second-order valence-corrected chi connectivity index (χ2v) is 7.07. The van der Waals surface area contributed by atoms with Gasteiger partial charge in [-0.2, -0.15) is 0 Å². The summed E-state index contributed by atoms with van der Waals surface area (Å²) in [6, 6.07) is 13.5.